The molecule has 0 unspecified atom stereocenters. The van der Waals surface area contributed by atoms with Gasteiger partial charge in [0.2, 0.25) is 5.52 Å². The van der Waals surface area contributed by atoms with E-state index in [9.17, 15) is 10.0 Å². The van der Waals surface area contributed by atoms with Crippen LogP contribution in [-0.4, -0.2) is 4.73 Å². The molecule has 0 aliphatic heterocycles. The maximum absolute atomic E-state index is 13.1. The van der Waals surface area contributed by atoms with Crippen LogP contribution in [0.2, 0.25) is 0 Å². The molecule has 0 bridgehead atoms. The number of para-hydroxylation sites is 2. The summed E-state index contributed by atoms with van der Waals surface area (Å²) in [6.07, 6.45) is 0. The van der Waals surface area contributed by atoms with Crippen molar-refractivity contribution in [3.05, 3.63) is 106 Å². The van der Waals surface area contributed by atoms with Gasteiger partial charge in [-0.1, -0.05) is 60.2 Å². The Hall–Kier alpha value is -3.60. The molecule has 1 aromatic heterocycles. The summed E-state index contributed by atoms with van der Waals surface area (Å²) in [4.78, 5) is 19.0. The van der Waals surface area contributed by atoms with Crippen molar-refractivity contribution >= 4 is 11.0 Å². The van der Waals surface area contributed by atoms with E-state index < -0.39 is 5.56 Å². The molecule has 134 valence electrons. The Morgan fingerprint density at radius 2 is 1.59 bits per heavy atom. The third-order valence-electron chi connectivity index (χ3n) is 4.44. The number of rotatable bonds is 4. The lowest BCUT2D eigenvalue weighted by atomic mass is 10.1. The van der Waals surface area contributed by atoms with Crippen molar-refractivity contribution in [1.29, 1.82) is 0 Å². The van der Waals surface area contributed by atoms with Crippen LogP contribution in [0.4, 0.5) is 0 Å². The van der Waals surface area contributed by atoms with Crippen LogP contribution in [0.1, 0.15) is 11.1 Å². The predicted molar refractivity (Wildman–Crippen MR) is 104 cm³/mol. The summed E-state index contributed by atoms with van der Waals surface area (Å²) in [5, 5.41) is 12.9. The van der Waals surface area contributed by atoms with Crippen molar-refractivity contribution in [2.45, 2.75) is 13.5 Å². The largest absolute Gasteiger partial charge is 0.618 e. The van der Waals surface area contributed by atoms with Gasteiger partial charge < -0.3 is 10.0 Å². The molecule has 0 radical (unpaired) electrons. The van der Waals surface area contributed by atoms with E-state index in [2.05, 4.69) is 0 Å². The predicted octanol–water partition coefficient (Wildman–Crippen LogP) is 3.24. The molecule has 0 aliphatic carbocycles. The van der Waals surface area contributed by atoms with Gasteiger partial charge in [0.25, 0.3) is 5.69 Å². The summed E-state index contributed by atoms with van der Waals surface area (Å²) in [6.45, 7) is 2.18. The highest BCUT2D eigenvalue weighted by atomic mass is 16.7. The van der Waals surface area contributed by atoms with E-state index in [0.29, 0.717) is 21.3 Å². The van der Waals surface area contributed by atoms with Gasteiger partial charge >= 0.3 is 5.56 Å². The summed E-state index contributed by atoms with van der Waals surface area (Å²) in [5.74, 6) is 0. The minimum absolute atomic E-state index is 0.0433. The summed E-state index contributed by atoms with van der Waals surface area (Å²) in [7, 11) is 0. The third-order valence-corrected chi connectivity index (χ3v) is 4.44. The lowest BCUT2D eigenvalue weighted by Gasteiger charge is -2.14. The van der Waals surface area contributed by atoms with E-state index in [-0.39, 0.29) is 12.3 Å². The molecule has 1 heterocycles. The summed E-state index contributed by atoms with van der Waals surface area (Å²) >= 11 is 0. The summed E-state index contributed by atoms with van der Waals surface area (Å²) in [6, 6.07) is 23.8. The minimum Gasteiger partial charge on any atom is -0.618 e. The lowest BCUT2D eigenvalue weighted by molar-refractivity contribution is -0.566. The fourth-order valence-corrected chi connectivity index (χ4v) is 3.01. The molecule has 5 heteroatoms. The first-order chi connectivity index (χ1) is 13.1. The van der Waals surface area contributed by atoms with Crippen LogP contribution in [0.5, 0.6) is 0 Å². The van der Waals surface area contributed by atoms with Crippen LogP contribution in [0.3, 0.4) is 0 Å². The first-order valence-corrected chi connectivity index (χ1v) is 8.67. The topological polar surface area (TPSA) is 58.2 Å². The maximum atomic E-state index is 13.1. The molecule has 0 spiro atoms. The Balaban J connectivity index is 1.89. The first-order valence-electron chi connectivity index (χ1n) is 8.67. The van der Waals surface area contributed by atoms with E-state index in [1.54, 1.807) is 36.4 Å². The van der Waals surface area contributed by atoms with Gasteiger partial charge in [0.1, 0.15) is 6.61 Å². The average Bonchev–Trinajstić information content (AvgIpc) is 2.70. The fourth-order valence-electron chi connectivity index (χ4n) is 3.01. The lowest BCUT2D eigenvalue weighted by Crippen LogP contribution is -2.42. The fraction of sp³-hybridized carbons (Fsp3) is 0.0909. The van der Waals surface area contributed by atoms with Crippen LogP contribution >= 0.6 is 0 Å². The van der Waals surface area contributed by atoms with Gasteiger partial charge in [-0.05, 0) is 30.7 Å². The van der Waals surface area contributed by atoms with E-state index in [4.69, 9.17) is 4.84 Å². The zero-order valence-electron chi connectivity index (χ0n) is 14.8. The molecule has 0 N–H and O–H groups in total. The van der Waals surface area contributed by atoms with Crippen LogP contribution in [0.15, 0.2) is 83.7 Å². The van der Waals surface area contributed by atoms with Crippen molar-refractivity contribution < 1.29 is 9.57 Å². The van der Waals surface area contributed by atoms with Crippen molar-refractivity contribution in [3.63, 3.8) is 0 Å². The molecule has 3 aromatic carbocycles. The van der Waals surface area contributed by atoms with Crippen LogP contribution in [-0.2, 0) is 6.61 Å². The second kappa shape index (κ2) is 6.96. The zero-order valence-corrected chi connectivity index (χ0v) is 14.8. The van der Waals surface area contributed by atoms with Gasteiger partial charge in [-0.2, -0.15) is 4.73 Å². The van der Waals surface area contributed by atoms with E-state index >= 15 is 0 Å². The van der Waals surface area contributed by atoms with Gasteiger partial charge in [0, 0.05) is 6.07 Å². The number of nitrogens with zero attached hydrogens (tertiary/aromatic N) is 2. The Morgan fingerprint density at radius 1 is 0.926 bits per heavy atom. The molecule has 27 heavy (non-hydrogen) atoms. The number of aromatic nitrogens is 2. The molecular formula is C22H18N2O3. The Morgan fingerprint density at radius 3 is 2.33 bits per heavy atom. The molecule has 0 fully saturated rings. The maximum Gasteiger partial charge on any atom is 0.357 e. The number of aryl methyl sites for hydroxylation is 1. The van der Waals surface area contributed by atoms with Crippen LogP contribution in [0, 0.1) is 12.1 Å². The number of benzene rings is 3. The Bertz CT molecular complexity index is 1150. The summed E-state index contributed by atoms with van der Waals surface area (Å²) < 4.78 is 1.90. The zero-order chi connectivity index (χ0) is 18.8. The molecule has 5 nitrogen and oxygen atoms in total. The molecule has 0 atom stereocenters. The highest BCUT2D eigenvalue weighted by Gasteiger charge is 2.23. The minimum atomic E-state index is -0.483. The molecule has 4 rings (SSSR count). The molecular weight excluding hydrogens is 340 g/mol. The van der Waals surface area contributed by atoms with Crippen molar-refractivity contribution in [2.75, 3.05) is 0 Å². The summed E-state index contributed by atoms with van der Waals surface area (Å²) in [5.41, 5.74) is 2.92. The SMILES string of the molecule is Cc1ccc(-c2c(=O)n(OCc3ccccc3)c3ccccc3[n+]2[O-])cc1. The standard InChI is InChI=1S/C22H18N2O3/c1-16-11-13-18(14-12-16)21-22(25)24(27-15-17-7-3-2-4-8-17)20-10-6-5-9-19(20)23(21)26/h2-14H,15H2,1H3. The van der Waals surface area contributed by atoms with Crippen molar-refractivity contribution in [1.82, 2.24) is 4.73 Å². The highest BCUT2D eigenvalue weighted by molar-refractivity contribution is 5.73. The second-order valence-corrected chi connectivity index (χ2v) is 6.36. The second-order valence-electron chi connectivity index (χ2n) is 6.36. The van der Waals surface area contributed by atoms with Crippen LogP contribution < -0.4 is 15.1 Å². The van der Waals surface area contributed by atoms with E-state index in [1.807, 2.05) is 49.4 Å². The highest BCUT2D eigenvalue weighted by Crippen LogP contribution is 2.16. The third kappa shape index (κ3) is 3.15. The van der Waals surface area contributed by atoms with E-state index in [1.165, 1.54) is 4.73 Å². The van der Waals surface area contributed by atoms with Gasteiger partial charge in [-0.25, -0.2) is 0 Å². The van der Waals surface area contributed by atoms with Gasteiger partial charge in [0.15, 0.2) is 5.52 Å². The molecule has 4 aromatic rings. The number of hydrogen-bond acceptors (Lipinski definition) is 3. The molecule has 0 saturated heterocycles. The van der Waals surface area contributed by atoms with Gasteiger partial charge in [-0.3, -0.25) is 4.79 Å². The first kappa shape index (κ1) is 16.8. The molecule has 0 saturated carbocycles. The van der Waals surface area contributed by atoms with Crippen LogP contribution in [0.25, 0.3) is 22.3 Å². The smallest absolute Gasteiger partial charge is 0.357 e. The van der Waals surface area contributed by atoms with Crippen molar-refractivity contribution in [3.8, 4) is 11.3 Å². The Kier molecular flexibility index (Phi) is 4.34. The average molecular weight is 358 g/mol. The number of hydrogen-bond donors (Lipinski definition) is 0. The quantitative estimate of drug-likeness (QED) is 0.416. The normalized spacial score (nSPS) is 10.9. The molecule has 0 amide bonds. The monoisotopic (exact) mass is 358 g/mol. The van der Waals surface area contributed by atoms with E-state index in [0.717, 1.165) is 11.1 Å². The number of fused-ring (bicyclic) bond motifs is 1. The Labute approximate surface area is 156 Å². The molecule has 0 aliphatic rings. The van der Waals surface area contributed by atoms with Gasteiger partial charge in [0.05, 0.1) is 5.56 Å². The van der Waals surface area contributed by atoms with Gasteiger partial charge in [-0.15, -0.1) is 4.73 Å². The van der Waals surface area contributed by atoms with Crippen molar-refractivity contribution in [2.24, 2.45) is 0 Å².